The number of nitrogens with zero attached hydrogens (tertiary/aromatic N) is 1. The molecule has 1 fully saturated rings. The Morgan fingerprint density at radius 3 is 2.30 bits per heavy atom. The quantitative estimate of drug-likeness (QED) is 0.392. The largest absolute Gasteiger partial charge is 0.507 e. The lowest BCUT2D eigenvalue weighted by Crippen LogP contribution is -2.68. The van der Waals surface area contributed by atoms with Gasteiger partial charge in [-0.05, 0) is 31.7 Å². The Kier molecular flexibility index (Phi) is 4.64. The van der Waals surface area contributed by atoms with Crippen molar-refractivity contribution in [1.82, 2.24) is 0 Å². The second-order valence-electron chi connectivity index (χ2n) is 10.2. The Balaban J connectivity index is 2.04. The summed E-state index contributed by atoms with van der Waals surface area (Å²) in [6.07, 6.45) is 0.340. The number of halogens is 1. The first-order valence-corrected chi connectivity index (χ1v) is 10.6. The molecule has 3 aliphatic carbocycles. The van der Waals surface area contributed by atoms with E-state index in [1.54, 1.807) is 39.8 Å². The standard InChI is InChI=1S/C24H27FN2O6/c1-10-7-23(3)9-22(2)8-11-13(27(4)5)6-12(25)17(28)15(11)18(29)16(22)20(31)24(23,33)19(30)14(10)21(26)32/h6,28-29,33H,7-9H2,1-5H3,(H2,26,32)/t22-,23+,24+/m0/s1. The van der Waals surface area contributed by atoms with Crippen LogP contribution in [0.5, 0.6) is 5.75 Å². The number of fused-ring (bicyclic) bond motifs is 3. The fourth-order valence-electron chi connectivity index (χ4n) is 6.30. The minimum atomic E-state index is -2.63. The number of carbonyl (C=O) groups is 3. The lowest BCUT2D eigenvalue weighted by Gasteiger charge is -2.56. The number of primary amides is 1. The van der Waals surface area contributed by atoms with Crippen LogP contribution in [0.1, 0.15) is 44.7 Å². The number of carbonyl (C=O) groups excluding carboxylic acids is 3. The third-order valence-corrected chi connectivity index (χ3v) is 7.56. The molecule has 9 heteroatoms. The topological polar surface area (TPSA) is 141 Å². The number of allylic oxidation sites excluding steroid dienone is 1. The summed E-state index contributed by atoms with van der Waals surface area (Å²) in [5.74, 6) is -5.69. The number of Topliss-reactive ketones (excluding diaryl/α,β-unsaturated/α-hetero) is 2. The highest BCUT2D eigenvalue weighted by atomic mass is 19.1. The average Bonchev–Trinajstić information content (AvgIpc) is 2.66. The van der Waals surface area contributed by atoms with Crippen molar-refractivity contribution in [2.24, 2.45) is 16.6 Å². The summed E-state index contributed by atoms with van der Waals surface area (Å²) in [6.45, 7) is 4.91. The van der Waals surface area contributed by atoms with Crippen LogP contribution in [-0.4, -0.2) is 52.5 Å². The van der Waals surface area contributed by atoms with Crippen molar-refractivity contribution in [3.8, 4) is 5.75 Å². The zero-order valence-electron chi connectivity index (χ0n) is 19.2. The number of benzene rings is 1. The molecular weight excluding hydrogens is 431 g/mol. The monoisotopic (exact) mass is 458 g/mol. The van der Waals surface area contributed by atoms with Gasteiger partial charge in [-0.25, -0.2) is 4.39 Å². The van der Waals surface area contributed by atoms with Gasteiger partial charge in [0.05, 0.1) is 11.1 Å². The smallest absolute Gasteiger partial charge is 0.252 e. The first-order chi connectivity index (χ1) is 15.1. The molecule has 8 nitrogen and oxygen atoms in total. The van der Waals surface area contributed by atoms with Crippen LogP contribution < -0.4 is 10.6 Å². The molecule has 0 unspecified atom stereocenters. The van der Waals surface area contributed by atoms with Crippen molar-refractivity contribution < 1.29 is 34.1 Å². The molecular formula is C24H27FN2O6. The van der Waals surface area contributed by atoms with Gasteiger partial charge in [0.1, 0.15) is 5.76 Å². The number of rotatable bonds is 2. The number of anilines is 1. The number of phenolic OH excluding ortho intramolecular Hbond substituents is 1. The molecule has 0 saturated heterocycles. The van der Waals surface area contributed by atoms with E-state index in [1.807, 2.05) is 0 Å². The Hall–Kier alpha value is -3.20. The zero-order valence-corrected chi connectivity index (χ0v) is 19.2. The molecule has 0 aromatic heterocycles. The molecule has 0 heterocycles. The number of hydrogen-bond acceptors (Lipinski definition) is 7. The van der Waals surface area contributed by atoms with E-state index >= 15 is 0 Å². The molecule has 0 bridgehead atoms. The van der Waals surface area contributed by atoms with E-state index in [9.17, 15) is 34.1 Å². The normalized spacial score (nSPS) is 31.2. The third-order valence-electron chi connectivity index (χ3n) is 7.56. The van der Waals surface area contributed by atoms with Crippen LogP contribution in [0.4, 0.5) is 10.1 Å². The minimum absolute atomic E-state index is 0.0744. The van der Waals surface area contributed by atoms with Crippen LogP contribution in [0.2, 0.25) is 0 Å². The summed E-state index contributed by atoms with van der Waals surface area (Å²) in [5.41, 5.74) is 0.763. The van der Waals surface area contributed by atoms with E-state index in [0.717, 1.165) is 6.07 Å². The number of ketones is 2. The first kappa shape index (κ1) is 23.0. The van der Waals surface area contributed by atoms with Crippen LogP contribution in [0.15, 0.2) is 22.8 Å². The Bertz CT molecular complexity index is 1230. The fourth-order valence-corrected chi connectivity index (χ4v) is 6.30. The summed E-state index contributed by atoms with van der Waals surface area (Å²) in [4.78, 5) is 40.7. The van der Waals surface area contributed by atoms with Gasteiger partial charge in [-0.3, -0.25) is 14.4 Å². The molecule has 176 valence electrons. The summed E-state index contributed by atoms with van der Waals surface area (Å²) < 4.78 is 14.5. The number of amides is 1. The number of aliphatic hydroxyl groups is 2. The van der Waals surface area contributed by atoms with E-state index < -0.39 is 56.8 Å². The Morgan fingerprint density at radius 1 is 1.15 bits per heavy atom. The second kappa shape index (κ2) is 6.66. The van der Waals surface area contributed by atoms with Crippen LogP contribution in [0.25, 0.3) is 5.76 Å². The molecule has 1 saturated carbocycles. The third kappa shape index (κ3) is 2.68. The van der Waals surface area contributed by atoms with E-state index in [4.69, 9.17) is 5.73 Å². The molecule has 33 heavy (non-hydrogen) atoms. The molecule has 0 spiro atoms. The van der Waals surface area contributed by atoms with Crippen molar-refractivity contribution in [2.45, 2.75) is 45.6 Å². The minimum Gasteiger partial charge on any atom is -0.507 e. The number of nitrogens with two attached hydrogens (primary N) is 1. The highest BCUT2D eigenvalue weighted by Gasteiger charge is 2.69. The number of aliphatic hydroxyl groups excluding tert-OH is 1. The van der Waals surface area contributed by atoms with Gasteiger partial charge in [-0.15, -0.1) is 0 Å². The maximum Gasteiger partial charge on any atom is 0.252 e. The predicted molar refractivity (Wildman–Crippen MR) is 118 cm³/mol. The SMILES string of the molecule is CC1=C(C(N)=O)C(=O)[C@@]2(O)C(=O)C3=C(O)c4c(O)c(F)cc(N(C)C)c4C[C@@]3(C)C[C@@]2(C)C1. The molecule has 1 aromatic carbocycles. The predicted octanol–water partition coefficient (Wildman–Crippen LogP) is 1.91. The van der Waals surface area contributed by atoms with Crippen molar-refractivity contribution in [3.63, 3.8) is 0 Å². The summed E-state index contributed by atoms with van der Waals surface area (Å²) >= 11 is 0. The number of hydrogen-bond donors (Lipinski definition) is 4. The highest BCUT2D eigenvalue weighted by Crippen LogP contribution is 2.62. The molecule has 5 N–H and O–H groups in total. The van der Waals surface area contributed by atoms with E-state index in [-0.39, 0.29) is 30.4 Å². The number of aromatic hydroxyl groups is 1. The average molecular weight is 458 g/mol. The van der Waals surface area contributed by atoms with Gasteiger partial charge >= 0.3 is 0 Å². The Morgan fingerprint density at radius 2 is 1.76 bits per heavy atom. The fraction of sp³-hybridized carbons (Fsp3) is 0.458. The summed E-state index contributed by atoms with van der Waals surface area (Å²) in [7, 11) is 3.38. The molecule has 3 atom stereocenters. The van der Waals surface area contributed by atoms with Gasteiger partial charge in [-0.2, -0.15) is 0 Å². The van der Waals surface area contributed by atoms with Crippen LogP contribution in [0.3, 0.4) is 0 Å². The van der Waals surface area contributed by atoms with Gasteiger partial charge in [0.25, 0.3) is 5.91 Å². The molecule has 0 radical (unpaired) electrons. The molecule has 4 rings (SSSR count). The second-order valence-corrected chi connectivity index (χ2v) is 10.2. The van der Waals surface area contributed by atoms with Crippen LogP contribution >= 0.6 is 0 Å². The van der Waals surface area contributed by atoms with Gasteiger partial charge < -0.3 is 26.0 Å². The summed E-state index contributed by atoms with van der Waals surface area (Å²) in [5, 5.41) is 33.2. The van der Waals surface area contributed by atoms with Crippen molar-refractivity contribution in [2.75, 3.05) is 19.0 Å². The maximum absolute atomic E-state index is 14.5. The number of phenols is 1. The molecule has 3 aliphatic rings. The van der Waals surface area contributed by atoms with E-state index in [2.05, 4.69) is 0 Å². The zero-order chi connectivity index (χ0) is 24.8. The van der Waals surface area contributed by atoms with Crippen molar-refractivity contribution >= 4 is 28.9 Å². The van der Waals surface area contributed by atoms with Gasteiger partial charge in [0, 0.05) is 42.3 Å². The van der Waals surface area contributed by atoms with Crippen LogP contribution in [0, 0.1) is 16.6 Å². The molecule has 1 amide bonds. The lowest BCUT2D eigenvalue weighted by molar-refractivity contribution is -0.171. The highest BCUT2D eigenvalue weighted by molar-refractivity contribution is 6.33. The molecule has 0 aliphatic heterocycles. The summed E-state index contributed by atoms with van der Waals surface area (Å²) in [6, 6.07) is 1.16. The van der Waals surface area contributed by atoms with Gasteiger partial charge in [0.15, 0.2) is 17.2 Å². The van der Waals surface area contributed by atoms with E-state index in [1.165, 1.54) is 0 Å². The van der Waals surface area contributed by atoms with Gasteiger partial charge in [-0.1, -0.05) is 19.4 Å². The maximum atomic E-state index is 14.5. The van der Waals surface area contributed by atoms with Crippen molar-refractivity contribution in [1.29, 1.82) is 0 Å². The first-order valence-electron chi connectivity index (χ1n) is 10.6. The Labute approximate surface area is 190 Å². The van der Waals surface area contributed by atoms with Crippen molar-refractivity contribution in [3.05, 3.63) is 39.7 Å². The van der Waals surface area contributed by atoms with Gasteiger partial charge in [0.2, 0.25) is 11.6 Å². The van der Waals surface area contributed by atoms with Crippen LogP contribution in [-0.2, 0) is 20.8 Å². The lowest BCUT2D eigenvalue weighted by atomic mass is 9.46. The van der Waals surface area contributed by atoms with E-state index in [0.29, 0.717) is 16.8 Å². The molecule has 1 aromatic rings.